The van der Waals surface area contributed by atoms with Crippen LogP contribution in [0.1, 0.15) is 25.3 Å². The Kier molecular flexibility index (Phi) is 2.18. The zero-order valence-corrected chi connectivity index (χ0v) is 9.63. The second-order valence-electron chi connectivity index (χ2n) is 5.40. The van der Waals surface area contributed by atoms with E-state index >= 15 is 0 Å². The minimum absolute atomic E-state index is 0.393. The maximum Gasteiger partial charge on any atom is 0.0902 e. The monoisotopic (exact) mass is 214 g/mol. The normalized spacial score (nSPS) is 35.2. The predicted octanol–water partition coefficient (Wildman–Crippen LogP) is 3.11. The van der Waals surface area contributed by atoms with Gasteiger partial charge in [-0.05, 0) is 43.1 Å². The van der Waals surface area contributed by atoms with Gasteiger partial charge in [0.15, 0.2) is 0 Å². The van der Waals surface area contributed by atoms with Crippen molar-refractivity contribution in [3.05, 3.63) is 48.0 Å². The van der Waals surface area contributed by atoms with Crippen LogP contribution < -0.4 is 0 Å². The molecule has 0 spiro atoms. The lowest BCUT2D eigenvalue weighted by molar-refractivity contribution is -0.0170. The first-order valence-corrected chi connectivity index (χ1v) is 6.14. The van der Waals surface area contributed by atoms with Crippen molar-refractivity contribution in [2.24, 2.45) is 17.8 Å². The molecule has 1 heteroatoms. The Labute approximate surface area is 96.8 Å². The molecular weight excluding hydrogens is 196 g/mol. The molecule has 84 valence electrons. The third kappa shape index (κ3) is 1.42. The van der Waals surface area contributed by atoms with E-state index in [1.165, 1.54) is 6.42 Å². The van der Waals surface area contributed by atoms with Gasteiger partial charge in [0.2, 0.25) is 0 Å². The molecule has 3 rings (SSSR count). The molecular formula is C15H18O. The first-order chi connectivity index (χ1) is 7.68. The van der Waals surface area contributed by atoms with Crippen molar-refractivity contribution in [3.63, 3.8) is 0 Å². The Balaban J connectivity index is 1.91. The van der Waals surface area contributed by atoms with E-state index in [-0.39, 0.29) is 0 Å². The third-order valence-electron chi connectivity index (χ3n) is 4.36. The summed E-state index contributed by atoms with van der Waals surface area (Å²) in [6, 6.07) is 10.1. The van der Waals surface area contributed by atoms with Gasteiger partial charge in [0.05, 0.1) is 5.60 Å². The lowest BCUT2D eigenvalue weighted by Crippen LogP contribution is -2.34. The molecule has 1 fully saturated rings. The van der Waals surface area contributed by atoms with Crippen LogP contribution in [0.3, 0.4) is 0 Å². The average molecular weight is 214 g/mol. The topological polar surface area (TPSA) is 20.2 Å². The molecule has 1 N–H and O–H groups in total. The molecule has 1 aromatic rings. The van der Waals surface area contributed by atoms with Gasteiger partial charge in [0, 0.05) is 0 Å². The van der Waals surface area contributed by atoms with Gasteiger partial charge in [-0.2, -0.15) is 0 Å². The highest BCUT2D eigenvalue weighted by Gasteiger charge is 2.45. The van der Waals surface area contributed by atoms with Gasteiger partial charge in [-0.3, -0.25) is 0 Å². The second-order valence-corrected chi connectivity index (χ2v) is 5.40. The van der Waals surface area contributed by atoms with Crippen LogP contribution in [0.2, 0.25) is 0 Å². The lowest BCUT2D eigenvalue weighted by Gasteiger charge is -2.34. The highest BCUT2D eigenvalue weighted by Crippen LogP contribution is 2.50. The van der Waals surface area contributed by atoms with Crippen LogP contribution in [0, 0.1) is 17.8 Å². The van der Waals surface area contributed by atoms with E-state index in [1.54, 1.807) is 0 Å². The van der Waals surface area contributed by atoms with E-state index < -0.39 is 5.60 Å². The maximum atomic E-state index is 10.8. The fraction of sp³-hybridized carbons (Fsp3) is 0.467. The van der Waals surface area contributed by atoms with Crippen LogP contribution in [-0.4, -0.2) is 5.11 Å². The van der Waals surface area contributed by atoms with Crippen molar-refractivity contribution < 1.29 is 5.11 Å². The molecule has 2 bridgehead atoms. The molecule has 1 nitrogen and oxygen atoms in total. The molecule has 4 unspecified atom stereocenters. The number of allylic oxidation sites excluding steroid dienone is 2. The van der Waals surface area contributed by atoms with Crippen LogP contribution in [0.4, 0.5) is 0 Å². The zero-order valence-electron chi connectivity index (χ0n) is 9.63. The van der Waals surface area contributed by atoms with Gasteiger partial charge in [-0.15, -0.1) is 0 Å². The number of hydrogen-bond donors (Lipinski definition) is 1. The van der Waals surface area contributed by atoms with Crippen molar-refractivity contribution >= 4 is 0 Å². The largest absolute Gasteiger partial charge is 0.385 e. The van der Waals surface area contributed by atoms with E-state index in [4.69, 9.17) is 0 Å². The summed E-state index contributed by atoms with van der Waals surface area (Å²) in [4.78, 5) is 0. The van der Waals surface area contributed by atoms with E-state index in [2.05, 4.69) is 12.2 Å². The Morgan fingerprint density at radius 1 is 1.12 bits per heavy atom. The van der Waals surface area contributed by atoms with E-state index in [9.17, 15) is 5.11 Å². The first kappa shape index (κ1) is 10.1. The quantitative estimate of drug-likeness (QED) is 0.750. The fourth-order valence-electron chi connectivity index (χ4n) is 3.42. The molecule has 1 saturated carbocycles. The van der Waals surface area contributed by atoms with E-state index in [0.29, 0.717) is 17.8 Å². The van der Waals surface area contributed by atoms with Crippen LogP contribution in [0.25, 0.3) is 0 Å². The molecule has 0 heterocycles. The summed E-state index contributed by atoms with van der Waals surface area (Å²) < 4.78 is 0. The summed E-state index contributed by atoms with van der Waals surface area (Å²) >= 11 is 0. The number of aliphatic hydroxyl groups is 1. The summed E-state index contributed by atoms with van der Waals surface area (Å²) in [5.41, 5.74) is 0.381. The van der Waals surface area contributed by atoms with Crippen molar-refractivity contribution in [1.82, 2.24) is 0 Å². The summed E-state index contributed by atoms with van der Waals surface area (Å²) in [7, 11) is 0. The minimum atomic E-state index is -0.675. The molecule has 4 atom stereocenters. The minimum Gasteiger partial charge on any atom is -0.385 e. The molecule has 0 amide bonds. The highest BCUT2D eigenvalue weighted by atomic mass is 16.3. The van der Waals surface area contributed by atoms with Gasteiger partial charge < -0.3 is 5.11 Å². The standard InChI is InChI=1S/C15H18O/c1-15(16,13-5-3-2-4-6-13)14-10-11-7-8-12(14)9-11/h2-8,11-12,14,16H,9-10H2,1H3. The molecule has 0 aromatic heterocycles. The second kappa shape index (κ2) is 3.46. The SMILES string of the molecule is CC(O)(c1ccccc1)C1CC2C=CC1C2. The summed E-state index contributed by atoms with van der Waals surface area (Å²) in [6.45, 7) is 1.97. The lowest BCUT2D eigenvalue weighted by atomic mass is 9.76. The maximum absolute atomic E-state index is 10.8. The van der Waals surface area contributed by atoms with E-state index in [1.807, 2.05) is 37.3 Å². The first-order valence-electron chi connectivity index (χ1n) is 6.14. The van der Waals surface area contributed by atoms with Gasteiger partial charge in [0.25, 0.3) is 0 Å². The van der Waals surface area contributed by atoms with Crippen LogP contribution in [0.5, 0.6) is 0 Å². The zero-order chi connectivity index (χ0) is 11.2. The Hall–Kier alpha value is -1.08. The van der Waals surface area contributed by atoms with Crippen molar-refractivity contribution in [2.75, 3.05) is 0 Å². The molecule has 0 saturated heterocycles. The van der Waals surface area contributed by atoms with E-state index in [0.717, 1.165) is 12.0 Å². The molecule has 1 aromatic carbocycles. The summed E-state index contributed by atoms with van der Waals surface area (Å²) in [6.07, 6.45) is 7.01. The Morgan fingerprint density at radius 2 is 1.88 bits per heavy atom. The Morgan fingerprint density at radius 3 is 2.44 bits per heavy atom. The third-order valence-corrected chi connectivity index (χ3v) is 4.36. The molecule has 2 aliphatic carbocycles. The van der Waals surface area contributed by atoms with Gasteiger partial charge in [-0.1, -0.05) is 42.5 Å². The number of hydrogen-bond acceptors (Lipinski definition) is 1. The summed E-state index contributed by atoms with van der Waals surface area (Å²) in [5, 5.41) is 10.8. The highest BCUT2D eigenvalue weighted by molar-refractivity contribution is 5.25. The van der Waals surface area contributed by atoms with Crippen LogP contribution in [-0.2, 0) is 5.60 Å². The Bertz CT molecular complexity index is 405. The molecule has 0 radical (unpaired) electrons. The molecule has 0 aliphatic heterocycles. The molecule has 16 heavy (non-hydrogen) atoms. The number of fused-ring (bicyclic) bond motifs is 2. The van der Waals surface area contributed by atoms with Crippen LogP contribution in [0.15, 0.2) is 42.5 Å². The smallest absolute Gasteiger partial charge is 0.0902 e. The van der Waals surface area contributed by atoms with Crippen molar-refractivity contribution in [1.29, 1.82) is 0 Å². The van der Waals surface area contributed by atoms with Crippen LogP contribution >= 0.6 is 0 Å². The van der Waals surface area contributed by atoms with Gasteiger partial charge in [-0.25, -0.2) is 0 Å². The summed E-state index contributed by atoms with van der Waals surface area (Å²) in [5.74, 6) is 1.69. The van der Waals surface area contributed by atoms with Crippen molar-refractivity contribution in [3.8, 4) is 0 Å². The van der Waals surface area contributed by atoms with Gasteiger partial charge >= 0.3 is 0 Å². The number of rotatable bonds is 2. The van der Waals surface area contributed by atoms with Crippen molar-refractivity contribution in [2.45, 2.75) is 25.4 Å². The average Bonchev–Trinajstić information content (AvgIpc) is 2.92. The van der Waals surface area contributed by atoms with Gasteiger partial charge in [0.1, 0.15) is 0 Å². The fourth-order valence-corrected chi connectivity index (χ4v) is 3.42. The number of benzene rings is 1. The predicted molar refractivity (Wildman–Crippen MR) is 64.9 cm³/mol. The molecule has 2 aliphatic rings.